The minimum absolute atomic E-state index is 0.188. The van der Waals surface area contributed by atoms with Crippen molar-refractivity contribution >= 4 is 0 Å². The maximum atomic E-state index is 12.5. The molecule has 0 spiro atoms. The van der Waals surface area contributed by atoms with Gasteiger partial charge in [0.2, 0.25) is 0 Å². The lowest BCUT2D eigenvalue weighted by Crippen LogP contribution is -2.39. The summed E-state index contributed by atoms with van der Waals surface area (Å²) in [7, 11) is 0. The van der Waals surface area contributed by atoms with E-state index in [-0.39, 0.29) is 25.5 Å². The third kappa shape index (κ3) is 6.13. The van der Waals surface area contributed by atoms with Crippen molar-refractivity contribution in [3.63, 3.8) is 0 Å². The molecular formula is C14H26F3NO. The zero-order valence-corrected chi connectivity index (χ0v) is 11.7. The van der Waals surface area contributed by atoms with Gasteiger partial charge in [-0.3, -0.25) is 0 Å². The highest BCUT2D eigenvalue weighted by Gasteiger charge is 2.41. The predicted octanol–water partition coefficient (Wildman–Crippen LogP) is 3.50. The molecule has 0 saturated heterocycles. The highest BCUT2D eigenvalue weighted by atomic mass is 19.4. The Morgan fingerprint density at radius 2 is 1.79 bits per heavy atom. The van der Waals surface area contributed by atoms with Crippen LogP contribution in [0.2, 0.25) is 0 Å². The van der Waals surface area contributed by atoms with E-state index in [0.29, 0.717) is 18.8 Å². The Hall–Kier alpha value is -0.290. The topological polar surface area (TPSA) is 32.3 Å². The number of aliphatic hydroxyl groups is 1. The highest BCUT2D eigenvalue weighted by Crippen LogP contribution is 2.37. The molecule has 1 fully saturated rings. The van der Waals surface area contributed by atoms with Crippen molar-refractivity contribution in [2.45, 2.75) is 64.1 Å². The Balaban J connectivity index is 2.25. The van der Waals surface area contributed by atoms with Gasteiger partial charge in [0.25, 0.3) is 0 Å². The smallest absolute Gasteiger partial charge is 0.391 e. The van der Waals surface area contributed by atoms with Crippen LogP contribution in [0.15, 0.2) is 0 Å². The first-order valence-corrected chi connectivity index (χ1v) is 7.38. The molecule has 1 rings (SSSR count). The number of halogens is 3. The van der Waals surface area contributed by atoms with E-state index in [9.17, 15) is 13.2 Å². The fraction of sp³-hybridized carbons (Fsp3) is 1.00. The molecule has 0 bridgehead atoms. The maximum Gasteiger partial charge on any atom is 0.391 e. The monoisotopic (exact) mass is 281 g/mol. The summed E-state index contributed by atoms with van der Waals surface area (Å²) in [5, 5.41) is 12.4. The van der Waals surface area contributed by atoms with Gasteiger partial charge < -0.3 is 10.4 Å². The van der Waals surface area contributed by atoms with Crippen LogP contribution in [0.4, 0.5) is 13.2 Å². The molecule has 0 aliphatic heterocycles. The molecule has 114 valence electrons. The second kappa shape index (κ2) is 8.10. The van der Waals surface area contributed by atoms with Gasteiger partial charge in [-0.2, -0.15) is 13.2 Å². The van der Waals surface area contributed by atoms with Crippen LogP contribution in [0.25, 0.3) is 0 Å². The Kier molecular flexibility index (Phi) is 7.15. The quantitative estimate of drug-likeness (QED) is 0.748. The molecule has 0 heterocycles. The van der Waals surface area contributed by atoms with Crippen molar-refractivity contribution in [2.75, 3.05) is 13.2 Å². The van der Waals surface area contributed by atoms with Crippen LogP contribution < -0.4 is 5.32 Å². The summed E-state index contributed by atoms with van der Waals surface area (Å²) in [6.07, 6.45) is 0.619. The van der Waals surface area contributed by atoms with Gasteiger partial charge in [-0.05, 0) is 51.0 Å². The molecule has 0 radical (unpaired) electrons. The molecule has 5 heteroatoms. The normalized spacial score (nSPS) is 26.4. The predicted molar refractivity (Wildman–Crippen MR) is 69.9 cm³/mol. The average molecular weight is 281 g/mol. The lowest BCUT2D eigenvalue weighted by Gasteiger charge is -2.31. The summed E-state index contributed by atoms with van der Waals surface area (Å²) in [5.74, 6) is -0.662. The first-order chi connectivity index (χ1) is 8.97. The standard InChI is InChI=1S/C14H26F3NO/c1-2-3-11(8-9-19)10-18-13-6-4-12(5-7-13)14(15,16)17/h11-13,18-19H,2-10H2,1H3. The summed E-state index contributed by atoms with van der Waals surface area (Å²) in [6.45, 7) is 3.11. The van der Waals surface area contributed by atoms with Gasteiger partial charge in [0.15, 0.2) is 0 Å². The molecule has 1 unspecified atom stereocenters. The first kappa shape index (κ1) is 16.8. The van der Waals surface area contributed by atoms with Gasteiger partial charge >= 0.3 is 6.18 Å². The largest absolute Gasteiger partial charge is 0.396 e. The van der Waals surface area contributed by atoms with Gasteiger partial charge in [0.05, 0.1) is 5.92 Å². The van der Waals surface area contributed by atoms with Gasteiger partial charge in [0.1, 0.15) is 0 Å². The van der Waals surface area contributed by atoms with Gasteiger partial charge in [0, 0.05) is 12.6 Å². The maximum absolute atomic E-state index is 12.5. The number of rotatable bonds is 7. The fourth-order valence-electron chi connectivity index (χ4n) is 2.90. The Morgan fingerprint density at radius 1 is 1.16 bits per heavy atom. The zero-order chi connectivity index (χ0) is 14.3. The third-order valence-corrected chi connectivity index (χ3v) is 4.12. The first-order valence-electron chi connectivity index (χ1n) is 7.38. The number of nitrogens with one attached hydrogen (secondary N) is 1. The Labute approximate surface area is 113 Å². The van der Waals surface area contributed by atoms with Gasteiger partial charge in [-0.1, -0.05) is 13.3 Å². The number of alkyl halides is 3. The van der Waals surface area contributed by atoms with Crippen LogP contribution in [-0.4, -0.2) is 30.5 Å². The third-order valence-electron chi connectivity index (χ3n) is 4.12. The molecule has 0 amide bonds. The average Bonchev–Trinajstić information content (AvgIpc) is 2.36. The van der Waals surface area contributed by atoms with Crippen molar-refractivity contribution < 1.29 is 18.3 Å². The van der Waals surface area contributed by atoms with Crippen LogP contribution >= 0.6 is 0 Å². The minimum Gasteiger partial charge on any atom is -0.396 e. The van der Waals surface area contributed by atoms with E-state index in [0.717, 1.165) is 25.8 Å². The van der Waals surface area contributed by atoms with E-state index in [1.165, 1.54) is 0 Å². The molecule has 2 N–H and O–H groups in total. The van der Waals surface area contributed by atoms with E-state index in [1.807, 2.05) is 0 Å². The zero-order valence-electron chi connectivity index (χ0n) is 11.7. The lowest BCUT2D eigenvalue weighted by molar-refractivity contribution is -0.182. The summed E-state index contributed by atoms with van der Waals surface area (Å²) in [5.41, 5.74) is 0. The van der Waals surface area contributed by atoms with Crippen molar-refractivity contribution in [1.29, 1.82) is 0 Å². The molecule has 19 heavy (non-hydrogen) atoms. The van der Waals surface area contributed by atoms with E-state index in [2.05, 4.69) is 12.2 Å². The van der Waals surface area contributed by atoms with Crippen LogP contribution in [0.3, 0.4) is 0 Å². The SMILES string of the molecule is CCCC(CCO)CNC1CCC(C(F)(F)F)CC1. The molecule has 2 nitrogen and oxygen atoms in total. The molecule has 1 aliphatic carbocycles. The van der Waals surface area contributed by atoms with Crippen molar-refractivity contribution in [1.82, 2.24) is 5.32 Å². The summed E-state index contributed by atoms with van der Waals surface area (Å²) < 4.78 is 37.6. The molecular weight excluding hydrogens is 255 g/mol. The second-order valence-corrected chi connectivity index (χ2v) is 5.67. The van der Waals surface area contributed by atoms with Crippen LogP contribution in [-0.2, 0) is 0 Å². The molecule has 0 aromatic rings. The molecule has 1 atom stereocenters. The molecule has 1 aliphatic rings. The van der Waals surface area contributed by atoms with E-state index >= 15 is 0 Å². The van der Waals surface area contributed by atoms with E-state index < -0.39 is 12.1 Å². The van der Waals surface area contributed by atoms with E-state index in [4.69, 9.17) is 5.11 Å². The van der Waals surface area contributed by atoms with Crippen molar-refractivity contribution in [3.05, 3.63) is 0 Å². The van der Waals surface area contributed by atoms with Crippen LogP contribution in [0.5, 0.6) is 0 Å². The minimum atomic E-state index is -4.02. The second-order valence-electron chi connectivity index (χ2n) is 5.67. The molecule has 1 saturated carbocycles. The van der Waals surface area contributed by atoms with Crippen LogP contribution in [0.1, 0.15) is 51.9 Å². The Bertz CT molecular complexity index is 231. The van der Waals surface area contributed by atoms with Crippen molar-refractivity contribution in [3.8, 4) is 0 Å². The molecule has 0 aromatic carbocycles. The number of hydrogen-bond acceptors (Lipinski definition) is 2. The van der Waals surface area contributed by atoms with Crippen molar-refractivity contribution in [2.24, 2.45) is 11.8 Å². The van der Waals surface area contributed by atoms with E-state index in [1.54, 1.807) is 0 Å². The lowest BCUT2D eigenvalue weighted by atomic mass is 9.85. The fourth-order valence-corrected chi connectivity index (χ4v) is 2.90. The summed E-state index contributed by atoms with van der Waals surface area (Å²) in [4.78, 5) is 0. The number of aliphatic hydroxyl groups excluding tert-OH is 1. The molecule has 0 aromatic heterocycles. The van der Waals surface area contributed by atoms with Gasteiger partial charge in [-0.15, -0.1) is 0 Å². The van der Waals surface area contributed by atoms with Gasteiger partial charge in [-0.25, -0.2) is 0 Å². The Morgan fingerprint density at radius 3 is 2.26 bits per heavy atom. The summed E-state index contributed by atoms with van der Waals surface area (Å²) >= 11 is 0. The summed E-state index contributed by atoms with van der Waals surface area (Å²) in [6, 6.07) is 0.219. The number of hydrogen-bond donors (Lipinski definition) is 2. The highest BCUT2D eigenvalue weighted by molar-refractivity contribution is 4.81. The van der Waals surface area contributed by atoms with Crippen LogP contribution in [0, 0.1) is 11.8 Å².